The first kappa shape index (κ1) is 29.0. The van der Waals surface area contributed by atoms with Gasteiger partial charge in [0.15, 0.2) is 0 Å². The van der Waals surface area contributed by atoms with Crippen molar-refractivity contribution in [2.45, 2.75) is 39.8 Å². The summed E-state index contributed by atoms with van der Waals surface area (Å²) in [6, 6.07) is 18.8. The first-order valence-electron chi connectivity index (χ1n) is 11.6. The Bertz CT molecular complexity index is 1190. The molecule has 194 valence electrons. The molecule has 0 aliphatic rings. The number of carbonyl (C=O) groups excluding carboxylic acids is 2. The van der Waals surface area contributed by atoms with Gasteiger partial charge in [0.05, 0.1) is 0 Å². The number of carbonyl (C=O) groups is 2. The molecule has 2 aromatic carbocycles. The second-order valence-electron chi connectivity index (χ2n) is 8.69. The fourth-order valence-corrected chi connectivity index (χ4v) is 3.24. The van der Waals surface area contributed by atoms with Gasteiger partial charge in [-0.25, -0.2) is 4.98 Å². The quantitative estimate of drug-likeness (QED) is 0.258. The van der Waals surface area contributed by atoms with Gasteiger partial charge in [-0.2, -0.15) is 0 Å². The molecule has 6 N–H and O–H groups in total. The van der Waals surface area contributed by atoms with Crippen LogP contribution < -0.4 is 22.1 Å². The SMILES string of the molecule is CC(C)N=C(N)c1ccc(C(=O)Nc2cccc(NC(=O)c3ccc(C(N)=NC(C)C)cc3)n2)cc1.Cl. The third-order valence-corrected chi connectivity index (χ3v) is 4.91. The van der Waals surface area contributed by atoms with Crippen molar-refractivity contribution in [1.82, 2.24) is 4.98 Å². The van der Waals surface area contributed by atoms with Gasteiger partial charge < -0.3 is 22.1 Å². The van der Waals surface area contributed by atoms with E-state index in [1.54, 1.807) is 66.7 Å². The average molecular weight is 522 g/mol. The molecule has 3 aromatic rings. The molecule has 0 atom stereocenters. The molecule has 0 aliphatic carbocycles. The van der Waals surface area contributed by atoms with Gasteiger partial charge in [0.1, 0.15) is 23.3 Å². The molecule has 10 heteroatoms. The largest absolute Gasteiger partial charge is 0.383 e. The molecule has 0 saturated heterocycles. The van der Waals surface area contributed by atoms with Crippen LogP contribution in [0.3, 0.4) is 0 Å². The number of nitrogens with two attached hydrogens (primary N) is 2. The lowest BCUT2D eigenvalue weighted by Crippen LogP contribution is -2.18. The first-order valence-corrected chi connectivity index (χ1v) is 11.6. The van der Waals surface area contributed by atoms with Crippen molar-refractivity contribution in [1.29, 1.82) is 0 Å². The molecule has 0 radical (unpaired) electrons. The Kier molecular flexibility index (Phi) is 10.3. The zero-order chi connectivity index (χ0) is 26.2. The maximum absolute atomic E-state index is 12.7. The van der Waals surface area contributed by atoms with Crippen LogP contribution in [0.5, 0.6) is 0 Å². The number of amides is 2. The number of anilines is 2. The molecule has 0 fully saturated rings. The number of amidine groups is 2. The van der Waals surface area contributed by atoms with Gasteiger partial charge in [-0.05, 0) is 64.1 Å². The molecule has 1 heterocycles. The molecule has 0 saturated carbocycles. The van der Waals surface area contributed by atoms with Crippen LogP contribution in [-0.4, -0.2) is 40.6 Å². The van der Waals surface area contributed by atoms with E-state index in [1.165, 1.54) is 0 Å². The van der Waals surface area contributed by atoms with E-state index >= 15 is 0 Å². The van der Waals surface area contributed by atoms with Crippen molar-refractivity contribution in [3.63, 3.8) is 0 Å². The van der Waals surface area contributed by atoms with Crippen LogP contribution in [0.1, 0.15) is 59.5 Å². The lowest BCUT2D eigenvalue weighted by molar-refractivity contribution is 0.101. The summed E-state index contributed by atoms with van der Waals surface area (Å²) in [5, 5.41) is 5.48. The molecule has 37 heavy (non-hydrogen) atoms. The van der Waals surface area contributed by atoms with Gasteiger partial charge in [0.2, 0.25) is 0 Å². The minimum absolute atomic E-state index is 0. The van der Waals surface area contributed by atoms with Crippen molar-refractivity contribution < 1.29 is 9.59 Å². The number of halogens is 1. The number of aliphatic imine (C=N–C) groups is 2. The van der Waals surface area contributed by atoms with Crippen molar-refractivity contribution in [3.8, 4) is 0 Å². The molecular formula is C27H32ClN7O2. The zero-order valence-electron chi connectivity index (χ0n) is 21.2. The van der Waals surface area contributed by atoms with Gasteiger partial charge >= 0.3 is 0 Å². The Labute approximate surface area is 222 Å². The van der Waals surface area contributed by atoms with E-state index in [0.29, 0.717) is 34.4 Å². The molecule has 0 spiro atoms. The summed E-state index contributed by atoms with van der Waals surface area (Å²) < 4.78 is 0. The van der Waals surface area contributed by atoms with E-state index in [4.69, 9.17) is 11.5 Å². The van der Waals surface area contributed by atoms with Gasteiger partial charge in [0, 0.05) is 34.3 Å². The number of pyridine rings is 1. The summed E-state index contributed by atoms with van der Waals surface area (Å²) in [6.45, 7) is 7.76. The van der Waals surface area contributed by atoms with Crippen LogP contribution >= 0.6 is 12.4 Å². The molecule has 9 nitrogen and oxygen atoms in total. The highest BCUT2D eigenvalue weighted by atomic mass is 35.5. The Balaban J connectivity index is 0.00000481. The van der Waals surface area contributed by atoms with Crippen molar-refractivity contribution in [2.24, 2.45) is 21.5 Å². The highest BCUT2D eigenvalue weighted by Crippen LogP contribution is 2.14. The average Bonchev–Trinajstić information content (AvgIpc) is 2.83. The predicted molar refractivity (Wildman–Crippen MR) is 152 cm³/mol. The van der Waals surface area contributed by atoms with Crippen LogP contribution in [0.25, 0.3) is 0 Å². The number of benzene rings is 2. The number of hydrogen-bond acceptors (Lipinski definition) is 5. The van der Waals surface area contributed by atoms with Crippen molar-refractivity contribution >= 4 is 47.5 Å². The lowest BCUT2D eigenvalue weighted by atomic mass is 10.1. The highest BCUT2D eigenvalue weighted by molar-refractivity contribution is 6.06. The van der Waals surface area contributed by atoms with Crippen LogP contribution in [0.2, 0.25) is 0 Å². The zero-order valence-corrected chi connectivity index (χ0v) is 22.0. The van der Waals surface area contributed by atoms with E-state index in [0.717, 1.165) is 11.1 Å². The summed E-state index contributed by atoms with van der Waals surface area (Å²) in [4.78, 5) is 38.3. The number of nitrogens with one attached hydrogen (secondary N) is 2. The summed E-state index contributed by atoms with van der Waals surface area (Å²) >= 11 is 0. The van der Waals surface area contributed by atoms with Crippen LogP contribution in [0.4, 0.5) is 11.6 Å². The fourth-order valence-electron chi connectivity index (χ4n) is 3.24. The Morgan fingerprint density at radius 3 is 1.30 bits per heavy atom. The highest BCUT2D eigenvalue weighted by Gasteiger charge is 2.11. The maximum Gasteiger partial charge on any atom is 0.256 e. The van der Waals surface area contributed by atoms with Gasteiger partial charge in [-0.15, -0.1) is 12.4 Å². The van der Waals surface area contributed by atoms with Gasteiger partial charge in [-0.1, -0.05) is 30.3 Å². The smallest absolute Gasteiger partial charge is 0.256 e. The minimum atomic E-state index is -0.340. The standard InChI is InChI=1S/C27H31N7O2.ClH/c1-16(2)30-24(28)18-8-12-20(13-9-18)26(35)33-22-6-5-7-23(32-22)34-27(36)21-14-10-19(11-15-21)25(29)31-17(3)4;/h5-17H,1-4H3,(H2,28,30)(H2,29,31)(H2,32,33,34,35,36);1H. The van der Waals surface area contributed by atoms with Crippen molar-refractivity contribution in [3.05, 3.63) is 89.0 Å². The summed E-state index contributed by atoms with van der Waals surface area (Å²) in [5.74, 6) is 0.764. The third-order valence-electron chi connectivity index (χ3n) is 4.91. The number of hydrogen-bond donors (Lipinski definition) is 4. The lowest BCUT2D eigenvalue weighted by Gasteiger charge is -2.09. The second kappa shape index (κ2) is 13.2. The summed E-state index contributed by atoms with van der Waals surface area (Å²) in [7, 11) is 0. The third kappa shape index (κ3) is 8.43. The molecular weight excluding hydrogens is 490 g/mol. The molecule has 3 rings (SSSR count). The van der Waals surface area contributed by atoms with E-state index in [9.17, 15) is 9.59 Å². The molecule has 2 amide bonds. The molecule has 0 aliphatic heterocycles. The van der Waals surface area contributed by atoms with Crippen LogP contribution in [0.15, 0.2) is 76.7 Å². The predicted octanol–water partition coefficient (Wildman–Crippen LogP) is 4.24. The number of rotatable bonds is 8. The second-order valence-corrected chi connectivity index (χ2v) is 8.69. The van der Waals surface area contributed by atoms with Crippen LogP contribution in [0, 0.1) is 0 Å². The van der Waals surface area contributed by atoms with Crippen molar-refractivity contribution in [2.75, 3.05) is 10.6 Å². The summed E-state index contributed by atoms with van der Waals surface area (Å²) in [5.41, 5.74) is 14.3. The topological polar surface area (TPSA) is 148 Å². The maximum atomic E-state index is 12.7. The van der Waals surface area contributed by atoms with E-state index < -0.39 is 0 Å². The summed E-state index contributed by atoms with van der Waals surface area (Å²) in [6.07, 6.45) is 0. The Morgan fingerprint density at radius 2 is 0.973 bits per heavy atom. The van der Waals surface area contributed by atoms with Gasteiger partial charge in [0.25, 0.3) is 11.8 Å². The Hall–Kier alpha value is -4.24. The molecule has 1 aromatic heterocycles. The van der Waals surface area contributed by atoms with E-state index in [2.05, 4.69) is 25.6 Å². The Morgan fingerprint density at radius 1 is 0.649 bits per heavy atom. The minimum Gasteiger partial charge on any atom is -0.383 e. The van der Waals surface area contributed by atoms with Crippen LogP contribution in [-0.2, 0) is 0 Å². The van der Waals surface area contributed by atoms with E-state index in [-0.39, 0.29) is 36.3 Å². The normalized spacial score (nSPS) is 11.7. The molecule has 0 unspecified atom stereocenters. The fraction of sp³-hybridized carbons (Fsp3) is 0.222. The van der Waals surface area contributed by atoms with Gasteiger partial charge in [-0.3, -0.25) is 19.6 Å². The monoisotopic (exact) mass is 521 g/mol. The number of nitrogens with zero attached hydrogens (tertiary/aromatic N) is 3. The molecule has 0 bridgehead atoms. The number of aromatic nitrogens is 1. The first-order chi connectivity index (χ1) is 17.1. The van der Waals surface area contributed by atoms with E-state index in [1.807, 2.05) is 27.7 Å².